The summed E-state index contributed by atoms with van der Waals surface area (Å²) >= 11 is 0. The number of methoxy groups -OCH3 is 1. The fourth-order valence-corrected chi connectivity index (χ4v) is 5.80. The molecule has 3 aromatic heterocycles. The number of carbonyl (C=O) groups is 1. The van der Waals surface area contributed by atoms with Crippen LogP contribution in [0.2, 0.25) is 0 Å². The SMILES string of the molecule is COC(=O)C(C)(C)C#Cc1cn(S(=O)(=O)C2(C)C=C(c3c(C)noc3C)C=CC2)c2ncccc12. The predicted octanol–water partition coefficient (Wildman–Crippen LogP) is 4.17. The first-order valence-corrected chi connectivity index (χ1v) is 12.5. The van der Waals surface area contributed by atoms with Crippen LogP contribution < -0.4 is 0 Å². The highest BCUT2D eigenvalue weighted by atomic mass is 32.2. The van der Waals surface area contributed by atoms with Crippen LogP contribution >= 0.6 is 0 Å². The lowest BCUT2D eigenvalue weighted by atomic mass is 9.92. The van der Waals surface area contributed by atoms with Gasteiger partial charge in [-0.3, -0.25) is 4.79 Å². The lowest BCUT2D eigenvalue weighted by Crippen LogP contribution is -2.38. The van der Waals surface area contributed by atoms with Gasteiger partial charge in [-0.15, -0.1) is 0 Å². The molecule has 0 saturated heterocycles. The number of aryl methyl sites for hydroxylation is 2. The number of allylic oxidation sites excluding steroid dienone is 3. The molecular formula is C26H27N3O5S. The molecule has 0 saturated carbocycles. The molecule has 0 N–H and O–H groups in total. The summed E-state index contributed by atoms with van der Waals surface area (Å²) < 4.78 is 38.2. The average molecular weight is 494 g/mol. The Morgan fingerprint density at radius 2 is 2.06 bits per heavy atom. The summed E-state index contributed by atoms with van der Waals surface area (Å²) in [6.07, 6.45) is 8.78. The highest BCUT2D eigenvalue weighted by Crippen LogP contribution is 2.37. The molecule has 0 fully saturated rings. The first-order valence-electron chi connectivity index (χ1n) is 11.1. The second-order valence-electron chi connectivity index (χ2n) is 9.30. The Morgan fingerprint density at radius 3 is 2.71 bits per heavy atom. The maximum absolute atomic E-state index is 14.1. The number of aromatic nitrogens is 3. The second kappa shape index (κ2) is 8.54. The van der Waals surface area contributed by atoms with Gasteiger partial charge in [0, 0.05) is 23.3 Å². The number of nitrogens with zero attached hydrogens (tertiary/aromatic N) is 3. The van der Waals surface area contributed by atoms with Crippen LogP contribution in [0.5, 0.6) is 0 Å². The van der Waals surface area contributed by atoms with Crippen LogP contribution in [0.25, 0.3) is 16.6 Å². The third-order valence-electron chi connectivity index (χ3n) is 6.19. The minimum absolute atomic E-state index is 0.274. The summed E-state index contributed by atoms with van der Waals surface area (Å²) in [6.45, 7) is 8.61. The number of fused-ring (bicyclic) bond motifs is 1. The summed E-state index contributed by atoms with van der Waals surface area (Å²) in [7, 11) is -2.67. The first kappa shape index (κ1) is 24.5. The van der Waals surface area contributed by atoms with Crippen LogP contribution in [0.4, 0.5) is 0 Å². The van der Waals surface area contributed by atoms with E-state index in [1.54, 1.807) is 45.9 Å². The zero-order chi connectivity index (χ0) is 25.6. The van der Waals surface area contributed by atoms with E-state index in [1.807, 2.05) is 19.1 Å². The number of hydrogen-bond acceptors (Lipinski definition) is 7. The van der Waals surface area contributed by atoms with Gasteiger partial charge in [0.05, 0.1) is 18.4 Å². The summed E-state index contributed by atoms with van der Waals surface area (Å²) in [6, 6.07) is 3.48. The van der Waals surface area contributed by atoms with Gasteiger partial charge in [0.1, 0.15) is 15.9 Å². The number of hydrogen-bond donors (Lipinski definition) is 0. The van der Waals surface area contributed by atoms with E-state index in [4.69, 9.17) is 9.26 Å². The Balaban J connectivity index is 1.86. The smallest absolute Gasteiger partial charge is 0.323 e. The summed E-state index contributed by atoms with van der Waals surface area (Å²) in [5.41, 5.74) is 1.89. The van der Waals surface area contributed by atoms with Crippen molar-refractivity contribution in [1.29, 1.82) is 0 Å². The highest BCUT2D eigenvalue weighted by molar-refractivity contribution is 7.91. The van der Waals surface area contributed by atoms with E-state index < -0.39 is 26.2 Å². The van der Waals surface area contributed by atoms with Crippen molar-refractivity contribution in [2.24, 2.45) is 5.41 Å². The Labute approximate surface area is 204 Å². The fourth-order valence-electron chi connectivity index (χ4n) is 4.15. The quantitative estimate of drug-likeness (QED) is 0.397. The normalized spacial score (nSPS) is 18.2. The van der Waals surface area contributed by atoms with Crippen molar-refractivity contribution in [3.63, 3.8) is 0 Å². The Hall–Kier alpha value is -3.64. The lowest BCUT2D eigenvalue weighted by molar-refractivity contribution is -0.147. The van der Waals surface area contributed by atoms with Gasteiger partial charge in [-0.1, -0.05) is 35.2 Å². The number of rotatable bonds is 4. The minimum Gasteiger partial charge on any atom is -0.468 e. The van der Waals surface area contributed by atoms with Crippen LogP contribution in [0, 0.1) is 31.1 Å². The van der Waals surface area contributed by atoms with Crippen molar-refractivity contribution < 1.29 is 22.5 Å². The van der Waals surface area contributed by atoms with E-state index in [0.717, 1.165) is 11.1 Å². The van der Waals surface area contributed by atoms with Crippen molar-refractivity contribution >= 4 is 32.6 Å². The highest BCUT2D eigenvalue weighted by Gasteiger charge is 2.41. The number of ether oxygens (including phenoxy) is 1. The number of esters is 1. The van der Waals surface area contributed by atoms with Crippen LogP contribution in [-0.4, -0.2) is 40.4 Å². The Kier molecular flexibility index (Phi) is 5.97. The fraction of sp³-hybridized carbons (Fsp3) is 0.346. The maximum atomic E-state index is 14.1. The molecule has 0 amide bonds. The first-order chi connectivity index (χ1) is 16.4. The number of carbonyl (C=O) groups excluding carboxylic acids is 1. The summed E-state index contributed by atoms with van der Waals surface area (Å²) in [5.74, 6) is 6.03. The molecule has 1 aliphatic carbocycles. The van der Waals surface area contributed by atoms with Gasteiger partial charge in [-0.05, 0) is 58.7 Å². The molecule has 0 radical (unpaired) electrons. The molecule has 9 heteroatoms. The third-order valence-corrected chi connectivity index (χ3v) is 8.45. The van der Waals surface area contributed by atoms with Crippen molar-refractivity contribution in [1.82, 2.24) is 14.1 Å². The van der Waals surface area contributed by atoms with Crippen molar-refractivity contribution in [3.05, 3.63) is 65.3 Å². The zero-order valence-corrected chi connectivity index (χ0v) is 21.4. The zero-order valence-electron chi connectivity index (χ0n) is 20.5. The molecule has 3 heterocycles. The molecule has 4 rings (SSSR count). The predicted molar refractivity (Wildman–Crippen MR) is 133 cm³/mol. The van der Waals surface area contributed by atoms with E-state index in [9.17, 15) is 13.2 Å². The van der Waals surface area contributed by atoms with Gasteiger partial charge in [-0.25, -0.2) is 17.4 Å². The van der Waals surface area contributed by atoms with E-state index in [2.05, 4.69) is 22.0 Å². The molecule has 3 aromatic rings. The van der Waals surface area contributed by atoms with Gasteiger partial charge in [-0.2, -0.15) is 0 Å². The van der Waals surface area contributed by atoms with Crippen molar-refractivity contribution in [2.75, 3.05) is 7.11 Å². The molecule has 0 aliphatic heterocycles. The van der Waals surface area contributed by atoms with Crippen LogP contribution in [-0.2, 0) is 19.6 Å². The van der Waals surface area contributed by atoms with E-state index >= 15 is 0 Å². The molecule has 0 spiro atoms. The molecule has 1 unspecified atom stereocenters. The molecule has 8 nitrogen and oxygen atoms in total. The topological polar surface area (TPSA) is 104 Å². The van der Waals surface area contributed by atoms with E-state index in [1.165, 1.54) is 23.5 Å². The van der Waals surface area contributed by atoms with Crippen LogP contribution in [0.15, 0.2) is 47.3 Å². The Bertz CT molecular complexity index is 1540. The van der Waals surface area contributed by atoms with Crippen molar-refractivity contribution in [2.45, 2.75) is 45.8 Å². The monoisotopic (exact) mass is 493 g/mol. The van der Waals surface area contributed by atoms with E-state index in [-0.39, 0.29) is 12.1 Å². The van der Waals surface area contributed by atoms with Gasteiger partial charge >= 0.3 is 5.97 Å². The lowest BCUT2D eigenvalue weighted by Gasteiger charge is -2.29. The Morgan fingerprint density at radius 1 is 1.31 bits per heavy atom. The van der Waals surface area contributed by atoms with Crippen LogP contribution in [0.3, 0.4) is 0 Å². The second-order valence-corrected chi connectivity index (χ2v) is 11.6. The number of pyridine rings is 1. The average Bonchev–Trinajstić information content (AvgIpc) is 3.37. The standard InChI is InChI=1S/C26H27N3O5S/c1-17-22(18(2)34-28-17)19-9-7-12-26(5,15-19)35(31,32)29-16-20(21-10-8-14-27-23(21)29)11-13-25(3,4)24(30)33-6/h7-10,14-16H,12H2,1-6H3. The third kappa shape index (κ3) is 4.08. The van der Waals surface area contributed by atoms with E-state index in [0.29, 0.717) is 22.4 Å². The van der Waals surface area contributed by atoms with Gasteiger partial charge < -0.3 is 9.26 Å². The molecule has 1 atom stereocenters. The molecule has 1 aliphatic rings. The van der Waals surface area contributed by atoms with Gasteiger partial charge in [0.2, 0.25) is 10.0 Å². The van der Waals surface area contributed by atoms with Crippen molar-refractivity contribution in [3.8, 4) is 11.8 Å². The minimum atomic E-state index is -3.98. The molecule has 35 heavy (non-hydrogen) atoms. The molecule has 0 bridgehead atoms. The largest absolute Gasteiger partial charge is 0.468 e. The van der Waals surface area contributed by atoms with Gasteiger partial charge in [0.15, 0.2) is 5.65 Å². The molecule has 182 valence electrons. The molecule has 0 aromatic carbocycles. The summed E-state index contributed by atoms with van der Waals surface area (Å²) in [4.78, 5) is 16.4. The molecular weight excluding hydrogens is 466 g/mol. The van der Waals surface area contributed by atoms with Crippen LogP contribution in [0.1, 0.15) is 49.8 Å². The van der Waals surface area contributed by atoms with Gasteiger partial charge in [0.25, 0.3) is 0 Å². The summed E-state index contributed by atoms with van der Waals surface area (Å²) in [5, 5.41) is 4.58. The maximum Gasteiger partial charge on any atom is 0.323 e.